The average Bonchev–Trinajstić information content (AvgIpc) is 2.98. The summed E-state index contributed by atoms with van der Waals surface area (Å²) < 4.78 is 0. The van der Waals surface area contributed by atoms with Crippen LogP contribution in [-0.4, -0.2) is 17.7 Å². The van der Waals surface area contributed by atoms with Crippen molar-refractivity contribution in [1.29, 1.82) is 0 Å². The number of pyridine rings is 1. The van der Waals surface area contributed by atoms with Gasteiger partial charge in [-0.15, -0.1) is 0 Å². The molecule has 0 bridgehead atoms. The van der Waals surface area contributed by atoms with E-state index in [2.05, 4.69) is 29.9 Å². The smallest absolute Gasteiger partial charge is 0.0714 e. The third kappa shape index (κ3) is 7.00. The summed E-state index contributed by atoms with van der Waals surface area (Å²) in [6.07, 6.45) is 9.81. The van der Waals surface area contributed by atoms with Gasteiger partial charge in [0.25, 0.3) is 0 Å². The van der Waals surface area contributed by atoms with Gasteiger partial charge in [0.2, 0.25) is 0 Å². The maximum Gasteiger partial charge on any atom is 0.0714 e. The largest absolute Gasteiger partial charge is 0.288 e. The fourth-order valence-corrected chi connectivity index (χ4v) is 1.41. The molecule has 2 heteroatoms. The van der Waals surface area contributed by atoms with Crippen LogP contribution in [-0.2, 0) is 0 Å². The molecule has 0 atom stereocenters. The number of unbranched alkanes of at least 4 members (excludes halogenated alkanes) is 2. The predicted molar refractivity (Wildman–Crippen MR) is 82.1 cm³/mol. The fraction of sp³-hybridized carbons (Fsp3) is 0.500. The highest BCUT2D eigenvalue weighted by Gasteiger charge is 2.01. The van der Waals surface area contributed by atoms with Gasteiger partial charge in [-0.05, 0) is 12.1 Å². The number of hydrogen-bond donors (Lipinski definition) is 0. The zero-order chi connectivity index (χ0) is 13.6. The van der Waals surface area contributed by atoms with Crippen molar-refractivity contribution >= 4 is 11.8 Å². The maximum atomic E-state index is 4.20. The molecule has 2 rings (SSSR count). The molecule has 2 heterocycles. The maximum absolute atomic E-state index is 4.20. The van der Waals surface area contributed by atoms with Gasteiger partial charge in [-0.2, -0.15) is 0 Å². The number of aromatic nitrogens is 1. The SMILES string of the molecule is C1=NCC=C1c1ccccn1.CC.CCCCC. The van der Waals surface area contributed by atoms with Crippen LogP contribution >= 0.6 is 0 Å². The molecule has 1 aliphatic heterocycles. The van der Waals surface area contributed by atoms with Crippen LogP contribution in [0.2, 0.25) is 0 Å². The van der Waals surface area contributed by atoms with E-state index < -0.39 is 0 Å². The van der Waals surface area contributed by atoms with Gasteiger partial charge < -0.3 is 0 Å². The van der Waals surface area contributed by atoms with E-state index in [9.17, 15) is 0 Å². The van der Waals surface area contributed by atoms with E-state index in [0.717, 1.165) is 17.8 Å². The van der Waals surface area contributed by atoms with Crippen LogP contribution in [0.5, 0.6) is 0 Å². The summed E-state index contributed by atoms with van der Waals surface area (Å²) in [5, 5.41) is 0. The van der Waals surface area contributed by atoms with Crippen LogP contribution in [0, 0.1) is 0 Å². The average molecular weight is 246 g/mol. The monoisotopic (exact) mass is 246 g/mol. The van der Waals surface area contributed by atoms with Crippen LogP contribution in [0.4, 0.5) is 0 Å². The lowest BCUT2D eigenvalue weighted by molar-refractivity contribution is 0.772. The van der Waals surface area contributed by atoms with E-state index >= 15 is 0 Å². The molecular weight excluding hydrogens is 220 g/mol. The van der Waals surface area contributed by atoms with Crippen molar-refractivity contribution in [2.75, 3.05) is 6.54 Å². The summed E-state index contributed by atoms with van der Waals surface area (Å²) in [6.45, 7) is 9.22. The van der Waals surface area contributed by atoms with Gasteiger partial charge in [-0.25, -0.2) is 0 Å². The van der Waals surface area contributed by atoms with Crippen LogP contribution < -0.4 is 0 Å². The minimum atomic E-state index is 0.798. The van der Waals surface area contributed by atoms with Crippen molar-refractivity contribution in [2.45, 2.75) is 47.0 Å². The van der Waals surface area contributed by atoms with Crippen molar-refractivity contribution in [3.8, 4) is 0 Å². The Hall–Kier alpha value is -1.44. The Morgan fingerprint density at radius 3 is 2.22 bits per heavy atom. The summed E-state index contributed by atoms with van der Waals surface area (Å²) in [4.78, 5) is 8.28. The molecule has 1 aliphatic rings. The second-order valence-corrected chi connectivity index (χ2v) is 3.72. The lowest BCUT2D eigenvalue weighted by Gasteiger charge is -1.94. The van der Waals surface area contributed by atoms with Gasteiger partial charge in [0.05, 0.1) is 12.2 Å². The molecule has 0 radical (unpaired) electrons. The topological polar surface area (TPSA) is 25.2 Å². The van der Waals surface area contributed by atoms with E-state index in [-0.39, 0.29) is 0 Å². The zero-order valence-electron chi connectivity index (χ0n) is 12.2. The molecule has 0 unspecified atom stereocenters. The summed E-state index contributed by atoms with van der Waals surface area (Å²) in [5.41, 5.74) is 2.14. The molecule has 100 valence electrons. The molecule has 2 nitrogen and oxygen atoms in total. The van der Waals surface area contributed by atoms with Gasteiger partial charge in [0.15, 0.2) is 0 Å². The molecule has 0 saturated carbocycles. The van der Waals surface area contributed by atoms with Crippen molar-refractivity contribution in [3.05, 3.63) is 36.2 Å². The lowest BCUT2D eigenvalue weighted by atomic mass is 10.2. The quantitative estimate of drug-likeness (QED) is 0.754. The van der Waals surface area contributed by atoms with Gasteiger partial charge in [0, 0.05) is 18.0 Å². The Bertz CT molecular complexity index is 337. The Labute approximate surface area is 112 Å². The number of hydrogen-bond acceptors (Lipinski definition) is 2. The van der Waals surface area contributed by atoms with Crippen molar-refractivity contribution < 1.29 is 0 Å². The normalized spacial score (nSPS) is 11.9. The molecular formula is C16H26N2. The molecule has 0 saturated heterocycles. The van der Waals surface area contributed by atoms with Crippen molar-refractivity contribution in [2.24, 2.45) is 4.99 Å². The minimum absolute atomic E-state index is 0.798. The molecule has 0 amide bonds. The Kier molecular flexibility index (Phi) is 11.1. The van der Waals surface area contributed by atoms with E-state index in [0.29, 0.717) is 0 Å². The van der Waals surface area contributed by atoms with E-state index in [1.807, 2.05) is 38.3 Å². The molecule has 0 spiro atoms. The molecule has 0 N–H and O–H groups in total. The highest BCUT2D eigenvalue weighted by molar-refractivity contribution is 6.10. The first-order chi connectivity index (χ1) is 8.88. The first-order valence-electron chi connectivity index (χ1n) is 6.99. The zero-order valence-corrected chi connectivity index (χ0v) is 12.2. The third-order valence-corrected chi connectivity index (χ3v) is 2.31. The number of rotatable bonds is 3. The highest BCUT2D eigenvalue weighted by Crippen LogP contribution is 2.11. The summed E-state index contributed by atoms with van der Waals surface area (Å²) in [6, 6.07) is 5.88. The summed E-state index contributed by atoms with van der Waals surface area (Å²) >= 11 is 0. The second-order valence-electron chi connectivity index (χ2n) is 3.72. The number of aliphatic imine (C=N–C) groups is 1. The lowest BCUT2D eigenvalue weighted by Crippen LogP contribution is -1.85. The second kappa shape index (κ2) is 12.0. The number of allylic oxidation sites excluding steroid dienone is 1. The first kappa shape index (κ1) is 16.6. The van der Waals surface area contributed by atoms with E-state index in [4.69, 9.17) is 0 Å². The Morgan fingerprint density at radius 2 is 1.83 bits per heavy atom. The molecule has 18 heavy (non-hydrogen) atoms. The molecule has 1 aromatic heterocycles. The fourth-order valence-electron chi connectivity index (χ4n) is 1.41. The summed E-state index contributed by atoms with van der Waals surface area (Å²) in [7, 11) is 0. The summed E-state index contributed by atoms with van der Waals surface area (Å²) in [5.74, 6) is 0. The van der Waals surface area contributed by atoms with Gasteiger partial charge in [0.1, 0.15) is 0 Å². The van der Waals surface area contributed by atoms with E-state index in [1.54, 1.807) is 6.20 Å². The van der Waals surface area contributed by atoms with Crippen LogP contribution in [0.3, 0.4) is 0 Å². The molecule has 0 aromatic carbocycles. The van der Waals surface area contributed by atoms with Gasteiger partial charge in [-0.1, -0.05) is 59.1 Å². The third-order valence-electron chi connectivity index (χ3n) is 2.31. The minimum Gasteiger partial charge on any atom is -0.288 e. The van der Waals surface area contributed by atoms with Crippen molar-refractivity contribution in [3.63, 3.8) is 0 Å². The predicted octanol–water partition coefficient (Wildman–Crippen LogP) is 4.77. The number of nitrogens with zero attached hydrogens (tertiary/aromatic N) is 2. The Balaban J connectivity index is 0.000000354. The van der Waals surface area contributed by atoms with Gasteiger partial charge >= 0.3 is 0 Å². The van der Waals surface area contributed by atoms with Gasteiger partial charge in [-0.3, -0.25) is 9.98 Å². The first-order valence-corrected chi connectivity index (χ1v) is 6.99. The Morgan fingerprint density at radius 1 is 1.11 bits per heavy atom. The standard InChI is InChI=1S/C9H8N2.C5H12.C2H6/c1-2-5-11-9(3-1)8-4-6-10-7-8;1-3-5-4-2;1-2/h1-5,7H,6H2;3-5H2,1-2H3;1-2H3. The van der Waals surface area contributed by atoms with Crippen LogP contribution in [0.25, 0.3) is 5.57 Å². The van der Waals surface area contributed by atoms with Crippen LogP contribution in [0.15, 0.2) is 35.5 Å². The molecule has 0 aliphatic carbocycles. The van der Waals surface area contributed by atoms with E-state index in [1.165, 1.54) is 19.3 Å². The van der Waals surface area contributed by atoms with Crippen molar-refractivity contribution in [1.82, 2.24) is 4.98 Å². The molecule has 0 fully saturated rings. The van der Waals surface area contributed by atoms with Crippen LogP contribution in [0.1, 0.15) is 52.7 Å². The molecule has 1 aromatic rings. The highest BCUT2D eigenvalue weighted by atomic mass is 14.7.